The van der Waals surface area contributed by atoms with Gasteiger partial charge in [0.15, 0.2) is 0 Å². The maximum absolute atomic E-state index is 11.4. The number of nitrogens with two attached hydrogens (primary N) is 1. The minimum Gasteiger partial charge on any atom is -0.488 e. The number of carbonyl (C=O) groups is 1. The summed E-state index contributed by atoms with van der Waals surface area (Å²) >= 11 is 0. The molecule has 0 spiro atoms. The van der Waals surface area contributed by atoms with Gasteiger partial charge in [-0.15, -0.1) is 0 Å². The lowest BCUT2D eigenvalue weighted by Gasteiger charge is -2.24. The van der Waals surface area contributed by atoms with Crippen molar-refractivity contribution < 1.29 is 14.3 Å². The summed E-state index contributed by atoms with van der Waals surface area (Å²) < 4.78 is 11.1. The summed E-state index contributed by atoms with van der Waals surface area (Å²) in [5.74, 6) is 0.480. The Labute approximate surface area is 106 Å². The second-order valence-electron chi connectivity index (χ2n) is 4.26. The van der Waals surface area contributed by atoms with Crippen LogP contribution in [-0.4, -0.2) is 32.3 Å². The Bertz CT molecular complexity index is 428. The van der Waals surface area contributed by atoms with Crippen LogP contribution in [0.5, 0.6) is 5.75 Å². The van der Waals surface area contributed by atoms with Gasteiger partial charge in [-0.3, -0.25) is 4.79 Å². The van der Waals surface area contributed by atoms with Crippen LogP contribution in [0.25, 0.3) is 0 Å². The Morgan fingerprint density at radius 1 is 1.44 bits per heavy atom. The van der Waals surface area contributed by atoms with Crippen molar-refractivity contribution in [3.05, 3.63) is 23.8 Å². The number of nitrogens with one attached hydrogen (secondary N) is 1. The lowest BCUT2D eigenvalue weighted by molar-refractivity contribution is 0.0258. The van der Waals surface area contributed by atoms with Gasteiger partial charge < -0.3 is 20.5 Å². The van der Waals surface area contributed by atoms with Gasteiger partial charge in [0.1, 0.15) is 11.9 Å². The van der Waals surface area contributed by atoms with Gasteiger partial charge in [-0.2, -0.15) is 0 Å². The number of benzene rings is 1. The third-order valence-electron chi connectivity index (χ3n) is 2.96. The summed E-state index contributed by atoms with van der Waals surface area (Å²) in [6.45, 7) is 1.45. The maximum Gasteiger partial charge on any atom is 0.251 e. The fourth-order valence-electron chi connectivity index (χ4n) is 1.91. The quantitative estimate of drug-likeness (QED) is 0.790. The monoisotopic (exact) mass is 250 g/mol. The molecule has 3 N–H and O–H groups in total. The number of nitrogen functional groups attached to an aromatic ring is 1. The molecule has 0 aliphatic carbocycles. The number of rotatable bonds is 3. The molecule has 0 atom stereocenters. The zero-order chi connectivity index (χ0) is 13.0. The fraction of sp³-hybridized carbons (Fsp3) is 0.462. The summed E-state index contributed by atoms with van der Waals surface area (Å²) in [5.41, 5.74) is 6.92. The van der Waals surface area contributed by atoms with Gasteiger partial charge in [0, 0.05) is 25.5 Å². The molecule has 0 saturated carbocycles. The fourth-order valence-corrected chi connectivity index (χ4v) is 1.91. The van der Waals surface area contributed by atoms with E-state index in [0.717, 1.165) is 26.1 Å². The SMILES string of the molecule is CNC(=O)c1ccc(OC2CCOCC2)c(N)c1. The molecule has 98 valence electrons. The van der Waals surface area contributed by atoms with Crippen LogP contribution in [0.15, 0.2) is 18.2 Å². The number of hydrogen-bond acceptors (Lipinski definition) is 4. The smallest absolute Gasteiger partial charge is 0.251 e. The molecular weight excluding hydrogens is 232 g/mol. The molecule has 1 fully saturated rings. The zero-order valence-corrected chi connectivity index (χ0v) is 10.4. The molecule has 1 aliphatic heterocycles. The van der Waals surface area contributed by atoms with Crippen LogP contribution in [0.2, 0.25) is 0 Å². The van der Waals surface area contributed by atoms with E-state index in [2.05, 4.69) is 5.32 Å². The predicted octanol–water partition coefficient (Wildman–Crippen LogP) is 1.19. The number of anilines is 1. The molecule has 0 radical (unpaired) electrons. The van der Waals surface area contributed by atoms with E-state index >= 15 is 0 Å². The van der Waals surface area contributed by atoms with E-state index in [1.807, 2.05) is 0 Å². The van der Waals surface area contributed by atoms with Crippen LogP contribution in [0.3, 0.4) is 0 Å². The van der Waals surface area contributed by atoms with E-state index in [9.17, 15) is 4.79 Å². The third-order valence-corrected chi connectivity index (χ3v) is 2.96. The highest BCUT2D eigenvalue weighted by atomic mass is 16.5. The van der Waals surface area contributed by atoms with Crippen molar-refractivity contribution >= 4 is 11.6 Å². The van der Waals surface area contributed by atoms with E-state index in [4.69, 9.17) is 15.2 Å². The van der Waals surface area contributed by atoms with Gasteiger partial charge in [-0.05, 0) is 18.2 Å². The molecule has 5 nitrogen and oxygen atoms in total. The second-order valence-corrected chi connectivity index (χ2v) is 4.26. The average molecular weight is 250 g/mol. The molecule has 2 rings (SSSR count). The first-order chi connectivity index (χ1) is 8.70. The van der Waals surface area contributed by atoms with E-state index < -0.39 is 0 Å². The number of carbonyl (C=O) groups excluding carboxylic acids is 1. The van der Waals surface area contributed by atoms with Crippen molar-refractivity contribution in [2.24, 2.45) is 0 Å². The van der Waals surface area contributed by atoms with Crippen molar-refractivity contribution in [3.8, 4) is 5.75 Å². The van der Waals surface area contributed by atoms with E-state index in [0.29, 0.717) is 17.0 Å². The molecule has 18 heavy (non-hydrogen) atoms. The molecule has 1 amide bonds. The Morgan fingerprint density at radius 3 is 2.78 bits per heavy atom. The van der Waals surface area contributed by atoms with E-state index in [-0.39, 0.29) is 12.0 Å². The highest BCUT2D eigenvalue weighted by Gasteiger charge is 2.17. The van der Waals surface area contributed by atoms with Gasteiger partial charge in [0.2, 0.25) is 0 Å². The Balaban J connectivity index is 2.07. The standard InChI is InChI=1S/C13H18N2O3/c1-15-13(16)9-2-3-12(11(14)8-9)18-10-4-6-17-7-5-10/h2-3,8,10H,4-7,14H2,1H3,(H,15,16). The Kier molecular flexibility index (Phi) is 4.04. The van der Waals surface area contributed by atoms with Crippen molar-refractivity contribution in [2.75, 3.05) is 26.0 Å². The molecule has 1 aliphatic rings. The van der Waals surface area contributed by atoms with Gasteiger partial charge in [-0.1, -0.05) is 0 Å². The normalized spacial score (nSPS) is 16.3. The average Bonchev–Trinajstić information content (AvgIpc) is 2.41. The molecule has 1 heterocycles. The molecule has 0 aromatic heterocycles. The maximum atomic E-state index is 11.4. The Morgan fingerprint density at radius 2 is 2.17 bits per heavy atom. The van der Waals surface area contributed by atoms with Gasteiger partial charge in [0.25, 0.3) is 5.91 Å². The van der Waals surface area contributed by atoms with Gasteiger partial charge in [0.05, 0.1) is 18.9 Å². The molecular formula is C13H18N2O3. The highest BCUT2D eigenvalue weighted by Crippen LogP contribution is 2.25. The minimum atomic E-state index is -0.153. The number of amides is 1. The number of hydrogen-bond donors (Lipinski definition) is 2. The molecule has 1 aromatic rings. The van der Waals surface area contributed by atoms with Crippen molar-refractivity contribution in [1.29, 1.82) is 0 Å². The first-order valence-corrected chi connectivity index (χ1v) is 6.06. The molecule has 0 unspecified atom stereocenters. The van der Waals surface area contributed by atoms with Gasteiger partial charge >= 0.3 is 0 Å². The predicted molar refractivity (Wildman–Crippen MR) is 68.7 cm³/mol. The van der Waals surface area contributed by atoms with E-state index in [1.54, 1.807) is 25.2 Å². The van der Waals surface area contributed by atoms with Crippen molar-refractivity contribution in [2.45, 2.75) is 18.9 Å². The highest BCUT2D eigenvalue weighted by molar-refractivity contribution is 5.95. The van der Waals surface area contributed by atoms with Crippen LogP contribution in [0.4, 0.5) is 5.69 Å². The Hall–Kier alpha value is -1.75. The number of ether oxygens (including phenoxy) is 2. The first kappa shape index (κ1) is 12.7. The van der Waals surface area contributed by atoms with Crippen LogP contribution in [0.1, 0.15) is 23.2 Å². The molecule has 1 saturated heterocycles. The first-order valence-electron chi connectivity index (χ1n) is 6.06. The lowest BCUT2D eigenvalue weighted by atomic mass is 10.1. The van der Waals surface area contributed by atoms with E-state index in [1.165, 1.54) is 0 Å². The summed E-state index contributed by atoms with van der Waals surface area (Å²) in [6, 6.07) is 5.09. The topological polar surface area (TPSA) is 73.6 Å². The summed E-state index contributed by atoms with van der Waals surface area (Å²) in [5, 5.41) is 2.56. The van der Waals surface area contributed by atoms with Crippen LogP contribution < -0.4 is 15.8 Å². The lowest BCUT2D eigenvalue weighted by Crippen LogP contribution is -2.26. The summed E-state index contributed by atoms with van der Waals surface area (Å²) in [4.78, 5) is 11.4. The third kappa shape index (κ3) is 2.92. The molecule has 5 heteroatoms. The van der Waals surface area contributed by atoms with Crippen molar-refractivity contribution in [3.63, 3.8) is 0 Å². The largest absolute Gasteiger partial charge is 0.488 e. The summed E-state index contributed by atoms with van der Waals surface area (Å²) in [7, 11) is 1.59. The molecule has 0 bridgehead atoms. The summed E-state index contributed by atoms with van der Waals surface area (Å²) in [6.07, 6.45) is 1.89. The molecule has 1 aromatic carbocycles. The second kappa shape index (κ2) is 5.73. The zero-order valence-electron chi connectivity index (χ0n) is 10.4. The van der Waals surface area contributed by atoms with Crippen LogP contribution >= 0.6 is 0 Å². The van der Waals surface area contributed by atoms with Crippen molar-refractivity contribution in [1.82, 2.24) is 5.32 Å². The minimum absolute atomic E-state index is 0.145. The van der Waals surface area contributed by atoms with Crippen LogP contribution in [-0.2, 0) is 4.74 Å². The van der Waals surface area contributed by atoms with Gasteiger partial charge in [-0.25, -0.2) is 0 Å². The van der Waals surface area contributed by atoms with Crippen LogP contribution in [0, 0.1) is 0 Å².